The molecule has 0 saturated carbocycles. The second-order valence-electron chi connectivity index (χ2n) is 4.99. The molecule has 1 aromatic heterocycles. The van der Waals surface area contributed by atoms with Crippen LogP contribution in [0.4, 0.5) is 0 Å². The minimum absolute atomic E-state index is 0.00503. The van der Waals surface area contributed by atoms with Crippen molar-refractivity contribution in [3.8, 4) is 0 Å². The van der Waals surface area contributed by atoms with Crippen LogP contribution in [0.2, 0.25) is 0 Å². The van der Waals surface area contributed by atoms with Gasteiger partial charge in [0.1, 0.15) is 0 Å². The highest BCUT2D eigenvalue weighted by Crippen LogP contribution is 2.22. The lowest BCUT2D eigenvalue weighted by molar-refractivity contribution is -0.121. The van der Waals surface area contributed by atoms with Crippen molar-refractivity contribution in [2.24, 2.45) is 0 Å². The largest absolute Gasteiger partial charge is 0.383 e. The van der Waals surface area contributed by atoms with Crippen molar-refractivity contribution in [3.63, 3.8) is 0 Å². The topological polar surface area (TPSA) is 50.4 Å². The zero-order valence-corrected chi connectivity index (χ0v) is 13.6. The van der Waals surface area contributed by atoms with Crippen LogP contribution in [0.5, 0.6) is 0 Å². The fraction of sp³-hybridized carbons (Fsp3) is 0.353. The standard InChI is InChI=1S/C17H22N2O2S/c1-21-10-9-18-13-17(20)19-15(16-8-5-11-22-16)12-14-6-3-2-4-7-14/h2-8,11,15,18H,9-10,12-13H2,1H3,(H,19,20). The monoisotopic (exact) mass is 318 g/mol. The average Bonchev–Trinajstić information content (AvgIpc) is 3.06. The summed E-state index contributed by atoms with van der Waals surface area (Å²) in [6, 6.07) is 14.3. The summed E-state index contributed by atoms with van der Waals surface area (Å²) in [4.78, 5) is 13.3. The second-order valence-corrected chi connectivity index (χ2v) is 5.97. The Bertz CT molecular complexity index is 543. The smallest absolute Gasteiger partial charge is 0.234 e. The summed E-state index contributed by atoms with van der Waals surface area (Å²) in [5.41, 5.74) is 1.22. The number of carbonyl (C=O) groups excluding carboxylic acids is 1. The van der Waals surface area contributed by atoms with Gasteiger partial charge in [0, 0.05) is 18.5 Å². The Morgan fingerprint density at radius 3 is 2.73 bits per heavy atom. The molecule has 2 rings (SSSR count). The molecule has 1 unspecified atom stereocenters. The van der Waals surface area contributed by atoms with Crippen LogP contribution in [0, 0.1) is 0 Å². The number of nitrogens with one attached hydrogen (secondary N) is 2. The maximum Gasteiger partial charge on any atom is 0.234 e. The summed E-state index contributed by atoms with van der Waals surface area (Å²) >= 11 is 1.67. The maximum atomic E-state index is 12.1. The van der Waals surface area contributed by atoms with E-state index in [1.54, 1.807) is 18.4 Å². The van der Waals surface area contributed by atoms with Crippen LogP contribution in [0.25, 0.3) is 0 Å². The molecule has 0 radical (unpaired) electrons. The molecule has 118 valence electrons. The van der Waals surface area contributed by atoms with Crippen LogP contribution in [-0.4, -0.2) is 32.7 Å². The molecule has 0 aliphatic heterocycles. The quantitative estimate of drug-likeness (QED) is 0.698. The molecule has 0 aliphatic carbocycles. The van der Waals surface area contributed by atoms with Crippen LogP contribution in [-0.2, 0) is 16.0 Å². The normalized spacial score (nSPS) is 12.0. The SMILES string of the molecule is COCCNCC(=O)NC(Cc1ccccc1)c1cccs1. The Morgan fingerprint density at radius 1 is 1.23 bits per heavy atom. The molecule has 0 saturated heterocycles. The number of methoxy groups -OCH3 is 1. The first-order chi connectivity index (χ1) is 10.8. The summed E-state index contributed by atoms with van der Waals surface area (Å²) < 4.78 is 4.95. The van der Waals surface area contributed by atoms with Crippen molar-refractivity contribution in [1.82, 2.24) is 10.6 Å². The van der Waals surface area contributed by atoms with E-state index in [0.717, 1.165) is 6.42 Å². The molecule has 2 aromatic rings. The fourth-order valence-electron chi connectivity index (χ4n) is 2.18. The van der Waals surface area contributed by atoms with Gasteiger partial charge in [0.05, 0.1) is 19.2 Å². The van der Waals surface area contributed by atoms with Crippen LogP contribution in [0.1, 0.15) is 16.5 Å². The average molecular weight is 318 g/mol. The molecule has 4 nitrogen and oxygen atoms in total. The van der Waals surface area contributed by atoms with E-state index in [0.29, 0.717) is 19.7 Å². The molecule has 2 N–H and O–H groups in total. The number of benzene rings is 1. The van der Waals surface area contributed by atoms with Crippen molar-refractivity contribution in [3.05, 3.63) is 58.3 Å². The van der Waals surface area contributed by atoms with Crippen LogP contribution >= 0.6 is 11.3 Å². The van der Waals surface area contributed by atoms with Crippen LogP contribution < -0.4 is 10.6 Å². The van der Waals surface area contributed by atoms with E-state index in [2.05, 4.69) is 28.8 Å². The predicted molar refractivity (Wildman–Crippen MR) is 90.1 cm³/mol. The Morgan fingerprint density at radius 2 is 2.05 bits per heavy atom. The lowest BCUT2D eigenvalue weighted by atomic mass is 10.0. The summed E-state index contributed by atoms with van der Waals surface area (Å²) in [7, 11) is 1.65. The van der Waals surface area contributed by atoms with Crippen LogP contribution in [0.15, 0.2) is 47.8 Å². The van der Waals surface area contributed by atoms with E-state index in [4.69, 9.17) is 4.74 Å². The van der Waals surface area contributed by atoms with Crippen molar-refractivity contribution in [2.45, 2.75) is 12.5 Å². The third-order valence-corrected chi connectivity index (χ3v) is 4.26. The van der Waals surface area contributed by atoms with Gasteiger partial charge in [0.2, 0.25) is 5.91 Å². The number of carbonyl (C=O) groups is 1. The molecular weight excluding hydrogens is 296 g/mol. The molecule has 1 heterocycles. The van der Waals surface area contributed by atoms with Gasteiger partial charge in [-0.2, -0.15) is 0 Å². The van der Waals surface area contributed by atoms with E-state index < -0.39 is 0 Å². The van der Waals surface area contributed by atoms with Gasteiger partial charge in [-0.25, -0.2) is 0 Å². The van der Waals surface area contributed by atoms with Crippen molar-refractivity contribution < 1.29 is 9.53 Å². The molecule has 0 aliphatic rings. The zero-order chi connectivity index (χ0) is 15.6. The molecule has 0 spiro atoms. The molecule has 22 heavy (non-hydrogen) atoms. The van der Waals surface area contributed by atoms with E-state index in [-0.39, 0.29) is 11.9 Å². The lowest BCUT2D eigenvalue weighted by Crippen LogP contribution is -2.37. The van der Waals surface area contributed by atoms with Gasteiger partial charge in [0.25, 0.3) is 0 Å². The minimum Gasteiger partial charge on any atom is -0.383 e. The number of hydrogen-bond acceptors (Lipinski definition) is 4. The summed E-state index contributed by atoms with van der Waals surface area (Å²) in [6.07, 6.45) is 0.797. The zero-order valence-electron chi connectivity index (χ0n) is 12.7. The Balaban J connectivity index is 1.92. The molecule has 5 heteroatoms. The predicted octanol–water partition coefficient (Wildman–Crippen LogP) is 2.38. The number of thiophene rings is 1. The van der Waals surface area contributed by atoms with Crippen molar-refractivity contribution >= 4 is 17.2 Å². The minimum atomic E-state index is 0.00503. The Hall–Kier alpha value is -1.69. The Kier molecular flexibility index (Phi) is 7.09. The molecule has 0 bridgehead atoms. The summed E-state index contributed by atoms with van der Waals surface area (Å²) in [6.45, 7) is 1.58. The highest BCUT2D eigenvalue weighted by atomic mass is 32.1. The highest BCUT2D eigenvalue weighted by molar-refractivity contribution is 7.10. The van der Waals surface area contributed by atoms with E-state index in [1.165, 1.54) is 10.4 Å². The molecule has 1 amide bonds. The van der Waals surface area contributed by atoms with Gasteiger partial charge >= 0.3 is 0 Å². The third kappa shape index (κ3) is 5.60. The molecule has 1 atom stereocenters. The first-order valence-corrected chi connectivity index (χ1v) is 8.24. The van der Waals surface area contributed by atoms with E-state index in [9.17, 15) is 4.79 Å². The number of ether oxygens (including phenoxy) is 1. The summed E-state index contributed by atoms with van der Waals surface area (Å²) in [5.74, 6) is 0.00503. The molecule has 1 aromatic carbocycles. The van der Waals surface area contributed by atoms with Gasteiger partial charge < -0.3 is 15.4 Å². The third-order valence-electron chi connectivity index (χ3n) is 3.27. The van der Waals surface area contributed by atoms with Crippen molar-refractivity contribution in [1.29, 1.82) is 0 Å². The number of hydrogen-bond donors (Lipinski definition) is 2. The summed E-state index contributed by atoms with van der Waals surface area (Å²) in [5, 5.41) is 8.22. The van der Waals surface area contributed by atoms with Gasteiger partial charge in [-0.3, -0.25) is 4.79 Å². The highest BCUT2D eigenvalue weighted by Gasteiger charge is 2.16. The molecular formula is C17H22N2O2S. The van der Waals surface area contributed by atoms with E-state index >= 15 is 0 Å². The van der Waals surface area contributed by atoms with Gasteiger partial charge in [-0.15, -0.1) is 11.3 Å². The Labute approximate surface area is 135 Å². The lowest BCUT2D eigenvalue weighted by Gasteiger charge is -2.18. The van der Waals surface area contributed by atoms with Crippen molar-refractivity contribution in [2.75, 3.05) is 26.8 Å². The van der Waals surface area contributed by atoms with E-state index in [1.807, 2.05) is 29.6 Å². The van der Waals surface area contributed by atoms with Gasteiger partial charge in [0.15, 0.2) is 0 Å². The maximum absolute atomic E-state index is 12.1. The van der Waals surface area contributed by atoms with Crippen LogP contribution in [0.3, 0.4) is 0 Å². The second kappa shape index (κ2) is 9.35. The first kappa shape index (κ1) is 16.7. The van der Waals surface area contributed by atoms with Gasteiger partial charge in [-0.05, 0) is 23.4 Å². The molecule has 0 fully saturated rings. The number of amides is 1. The van der Waals surface area contributed by atoms with Gasteiger partial charge in [-0.1, -0.05) is 36.4 Å². The fourth-order valence-corrected chi connectivity index (χ4v) is 2.96. The number of rotatable bonds is 9. The first-order valence-electron chi connectivity index (χ1n) is 7.36.